The second kappa shape index (κ2) is 4.74. The molecule has 20 heavy (non-hydrogen) atoms. The standard InChI is InChI=1S/C10H6ClF3N2O3S/c1-5-4-7(11)16-9-6(2-3-15-8(5)9)19-20(17,18)10(12,13)14/h2-4H,1H3. The van der Waals surface area contributed by atoms with E-state index in [2.05, 4.69) is 14.2 Å². The van der Waals surface area contributed by atoms with Gasteiger partial charge in [-0.3, -0.25) is 4.98 Å². The van der Waals surface area contributed by atoms with E-state index < -0.39 is 21.4 Å². The highest BCUT2D eigenvalue weighted by Crippen LogP contribution is 2.31. The van der Waals surface area contributed by atoms with Gasteiger partial charge in [0.15, 0.2) is 5.75 Å². The summed E-state index contributed by atoms with van der Waals surface area (Å²) in [4.78, 5) is 7.65. The van der Waals surface area contributed by atoms with Crippen molar-refractivity contribution in [1.82, 2.24) is 9.97 Å². The van der Waals surface area contributed by atoms with Gasteiger partial charge in [-0.25, -0.2) is 4.98 Å². The van der Waals surface area contributed by atoms with Gasteiger partial charge in [0.1, 0.15) is 10.7 Å². The zero-order valence-electron chi connectivity index (χ0n) is 9.77. The van der Waals surface area contributed by atoms with Gasteiger partial charge in [-0.05, 0) is 18.6 Å². The maximum Gasteiger partial charge on any atom is 0.534 e. The molecule has 2 heterocycles. The lowest BCUT2D eigenvalue weighted by Gasteiger charge is -2.11. The van der Waals surface area contributed by atoms with Crippen molar-refractivity contribution in [3.05, 3.63) is 29.0 Å². The largest absolute Gasteiger partial charge is 0.534 e. The number of fused-ring (bicyclic) bond motifs is 1. The van der Waals surface area contributed by atoms with Crippen LogP contribution in [0.15, 0.2) is 18.3 Å². The fourth-order valence-corrected chi connectivity index (χ4v) is 2.17. The Morgan fingerprint density at radius 3 is 2.55 bits per heavy atom. The molecule has 0 fully saturated rings. The van der Waals surface area contributed by atoms with Gasteiger partial charge in [0.05, 0.1) is 5.52 Å². The highest BCUT2D eigenvalue weighted by molar-refractivity contribution is 7.88. The number of rotatable bonds is 2. The maximum atomic E-state index is 12.3. The second-order valence-electron chi connectivity index (χ2n) is 3.75. The first kappa shape index (κ1) is 14.8. The van der Waals surface area contributed by atoms with Crippen molar-refractivity contribution in [2.45, 2.75) is 12.4 Å². The fourth-order valence-electron chi connectivity index (χ4n) is 1.45. The minimum Gasteiger partial charge on any atom is -0.374 e. The van der Waals surface area contributed by atoms with Crippen molar-refractivity contribution < 1.29 is 25.8 Å². The van der Waals surface area contributed by atoms with Crippen LogP contribution in [0.1, 0.15) is 5.56 Å². The normalized spacial score (nSPS) is 12.7. The first-order valence-corrected chi connectivity index (χ1v) is 6.83. The summed E-state index contributed by atoms with van der Waals surface area (Å²) < 4.78 is 63.0. The van der Waals surface area contributed by atoms with Gasteiger partial charge in [0, 0.05) is 12.3 Å². The number of aromatic nitrogens is 2. The van der Waals surface area contributed by atoms with Crippen LogP contribution in [0.3, 0.4) is 0 Å². The Balaban J connectivity index is 2.62. The molecule has 0 spiro atoms. The van der Waals surface area contributed by atoms with Crippen molar-refractivity contribution in [3.8, 4) is 5.75 Å². The zero-order chi connectivity index (χ0) is 15.1. The second-order valence-corrected chi connectivity index (χ2v) is 5.68. The van der Waals surface area contributed by atoms with E-state index >= 15 is 0 Å². The van der Waals surface area contributed by atoms with E-state index in [0.717, 1.165) is 12.3 Å². The summed E-state index contributed by atoms with van der Waals surface area (Å²) in [6.07, 6.45) is 1.12. The molecule has 0 unspecified atom stereocenters. The third-order valence-electron chi connectivity index (χ3n) is 2.30. The van der Waals surface area contributed by atoms with Crippen LogP contribution in [-0.4, -0.2) is 23.9 Å². The van der Waals surface area contributed by atoms with E-state index in [0.29, 0.717) is 5.56 Å². The molecule has 0 radical (unpaired) electrons. The topological polar surface area (TPSA) is 69.2 Å². The van der Waals surface area contributed by atoms with E-state index in [1.54, 1.807) is 6.92 Å². The Morgan fingerprint density at radius 1 is 1.30 bits per heavy atom. The van der Waals surface area contributed by atoms with Gasteiger partial charge >= 0.3 is 15.6 Å². The van der Waals surface area contributed by atoms with Crippen LogP contribution in [0.2, 0.25) is 5.15 Å². The van der Waals surface area contributed by atoms with Crippen molar-refractivity contribution in [3.63, 3.8) is 0 Å². The third kappa shape index (κ3) is 2.63. The van der Waals surface area contributed by atoms with Crippen molar-refractivity contribution in [1.29, 1.82) is 0 Å². The minimum absolute atomic E-state index is 0.0164. The van der Waals surface area contributed by atoms with E-state index in [4.69, 9.17) is 11.6 Å². The van der Waals surface area contributed by atoms with Crippen LogP contribution in [-0.2, 0) is 10.1 Å². The average Bonchev–Trinajstić information content (AvgIpc) is 2.28. The molecule has 0 aliphatic carbocycles. The Bertz CT molecular complexity index is 777. The molecule has 108 valence electrons. The molecular formula is C10H6ClF3N2O3S. The number of alkyl halides is 3. The number of halogens is 4. The van der Waals surface area contributed by atoms with Crippen LogP contribution < -0.4 is 4.18 Å². The quantitative estimate of drug-likeness (QED) is 0.482. The Hall–Kier alpha value is -1.61. The molecule has 0 N–H and O–H groups in total. The van der Waals surface area contributed by atoms with Gasteiger partial charge in [0.25, 0.3) is 0 Å². The smallest absolute Gasteiger partial charge is 0.374 e. The third-order valence-corrected chi connectivity index (χ3v) is 3.46. The molecule has 0 saturated heterocycles. The highest BCUT2D eigenvalue weighted by atomic mass is 35.5. The van der Waals surface area contributed by atoms with Crippen LogP contribution in [0.25, 0.3) is 11.0 Å². The predicted octanol–water partition coefficient (Wildman–Crippen LogP) is 2.82. The van der Waals surface area contributed by atoms with Gasteiger partial charge < -0.3 is 4.18 Å². The number of hydrogen-bond donors (Lipinski definition) is 0. The number of aryl methyl sites for hydroxylation is 1. The molecule has 5 nitrogen and oxygen atoms in total. The molecule has 2 aromatic rings. The molecule has 10 heteroatoms. The molecule has 0 aliphatic rings. The summed E-state index contributed by atoms with van der Waals surface area (Å²) >= 11 is 5.69. The van der Waals surface area contributed by atoms with Gasteiger partial charge in [-0.15, -0.1) is 0 Å². The van der Waals surface area contributed by atoms with E-state index in [-0.39, 0.29) is 16.2 Å². The molecule has 0 saturated carbocycles. The fraction of sp³-hybridized carbons (Fsp3) is 0.200. The number of pyridine rings is 2. The van der Waals surface area contributed by atoms with Crippen molar-refractivity contribution in [2.75, 3.05) is 0 Å². The molecule has 0 amide bonds. The summed E-state index contributed by atoms with van der Waals surface area (Å²) in [6.45, 7) is 1.60. The number of nitrogens with zero attached hydrogens (tertiary/aromatic N) is 2. The predicted molar refractivity (Wildman–Crippen MR) is 64.9 cm³/mol. The van der Waals surface area contributed by atoms with E-state index in [1.807, 2.05) is 0 Å². The summed E-state index contributed by atoms with van der Waals surface area (Å²) in [5, 5.41) is -0.0164. The molecule has 0 aromatic carbocycles. The Labute approximate surface area is 116 Å². The summed E-state index contributed by atoms with van der Waals surface area (Å²) in [5.74, 6) is -0.585. The molecular weight excluding hydrogens is 321 g/mol. The first-order valence-electron chi connectivity index (χ1n) is 5.04. The maximum absolute atomic E-state index is 12.3. The van der Waals surface area contributed by atoms with E-state index in [9.17, 15) is 21.6 Å². The summed E-state index contributed by atoms with van der Waals surface area (Å²) in [6, 6.07) is 2.41. The van der Waals surface area contributed by atoms with E-state index in [1.165, 1.54) is 6.07 Å². The van der Waals surface area contributed by atoms with Gasteiger partial charge in [0.2, 0.25) is 0 Å². The van der Waals surface area contributed by atoms with Crippen LogP contribution in [0.5, 0.6) is 5.75 Å². The summed E-state index contributed by atoms with van der Waals surface area (Å²) in [5.41, 5.74) is -4.97. The molecule has 0 atom stereocenters. The Kier molecular flexibility index (Phi) is 3.51. The minimum atomic E-state index is -5.78. The average molecular weight is 327 g/mol. The lowest BCUT2D eigenvalue weighted by Crippen LogP contribution is -2.28. The van der Waals surface area contributed by atoms with Crippen LogP contribution in [0, 0.1) is 6.92 Å². The van der Waals surface area contributed by atoms with Gasteiger partial charge in [-0.1, -0.05) is 11.6 Å². The Morgan fingerprint density at radius 2 is 1.95 bits per heavy atom. The highest BCUT2D eigenvalue weighted by Gasteiger charge is 2.48. The van der Waals surface area contributed by atoms with Gasteiger partial charge in [-0.2, -0.15) is 21.6 Å². The van der Waals surface area contributed by atoms with Crippen molar-refractivity contribution >= 4 is 32.8 Å². The molecule has 2 aromatic heterocycles. The summed E-state index contributed by atoms with van der Waals surface area (Å²) in [7, 11) is -5.78. The van der Waals surface area contributed by atoms with Crippen molar-refractivity contribution in [2.24, 2.45) is 0 Å². The molecule has 2 rings (SSSR count). The number of hydrogen-bond acceptors (Lipinski definition) is 5. The molecule has 0 aliphatic heterocycles. The lowest BCUT2D eigenvalue weighted by atomic mass is 10.2. The first-order chi connectivity index (χ1) is 9.12. The lowest BCUT2D eigenvalue weighted by molar-refractivity contribution is -0.0499. The molecule has 0 bridgehead atoms. The van der Waals surface area contributed by atoms with Crippen LogP contribution in [0.4, 0.5) is 13.2 Å². The SMILES string of the molecule is Cc1cc(Cl)nc2c(OS(=O)(=O)C(F)(F)F)ccnc12. The zero-order valence-corrected chi connectivity index (χ0v) is 11.3. The van der Waals surface area contributed by atoms with Crippen LogP contribution >= 0.6 is 11.6 Å². The monoisotopic (exact) mass is 326 g/mol.